The van der Waals surface area contributed by atoms with Crippen molar-refractivity contribution in [2.45, 2.75) is 20.0 Å². The van der Waals surface area contributed by atoms with Gasteiger partial charge in [-0.1, -0.05) is 41.9 Å². The van der Waals surface area contributed by atoms with Gasteiger partial charge in [-0.25, -0.2) is 0 Å². The number of nitrogens with one attached hydrogen (secondary N) is 2. The van der Waals surface area contributed by atoms with Crippen LogP contribution in [-0.4, -0.2) is 17.9 Å². The molecule has 0 spiro atoms. The summed E-state index contributed by atoms with van der Waals surface area (Å²) in [6.45, 7) is 3.60. The van der Waals surface area contributed by atoms with E-state index in [0.717, 1.165) is 5.56 Å². The lowest BCUT2D eigenvalue weighted by Crippen LogP contribution is -2.30. The third kappa shape index (κ3) is 5.59. The van der Waals surface area contributed by atoms with E-state index in [4.69, 9.17) is 16.3 Å². The van der Waals surface area contributed by atoms with E-state index in [0.29, 0.717) is 27.7 Å². The molecule has 2 amide bonds. The van der Waals surface area contributed by atoms with Crippen molar-refractivity contribution < 1.29 is 14.3 Å². The molecule has 0 aromatic heterocycles. The van der Waals surface area contributed by atoms with Crippen LogP contribution in [0.4, 0.5) is 11.4 Å². The summed E-state index contributed by atoms with van der Waals surface area (Å²) in [5, 5.41) is 6.10. The summed E-state index contributed by atoms with van der Waals surface area (Å²) in [6.07, 6.45) is -0.694. The molecule has 3 aromatic rings. The Hall–Kier alpha value is -3.31. The zero-order valence-electron chi connectivity index (χ0n) is 16.1. The summed E-state index contributed by atoms with van der Waals surface area (Å²) in [5.74, 6) is 0.0537. The van der Waals surface area contributed by atoms with Gasteiger partial charge in [0.15, 0.2) is 6.10 Å². The van der Waals surface area contributed by atoms with Crippen LogP contribution in [0.15, 0.2) is 72.8 Å². The minimum absolute atomic E-state index is 0.299. The van der Waals surface area contributed by atoms with Crippen LogP contribution in [0, 0.1) is 6.92 Å². The number of hydrogen-bond acceptors (Lipinski definition) is 3. The molecule has 1 atom stereocenters. The zero-order chi connectivity index (χ0) is 20.8. The fourth-order valence-corrected chi connectivity index (χ4v) is 2.87. The lowest BCUT2D eigenvalue weighted by Gasteiger charge is -2.16. The molecule has 0 fully saturated rings. The molecular weight excluding hydrogens is 388 g/mol. The van der Waals surface area contributed by atoms with Gasteiger partial charge in [0, 0.05) is 22.0 Å². The van der Waals surface area contributed by atoms with Gasteiger partial charge < -0.3 is 15.4 Å². The molecule has 0 radical (unpaired) electrons. The van der Waals surface area contributed by atoms with Gasteiger partial charge in [0.05, 0.1) is 0 Å². The van der Waals surface area contributed by atoms with Crippen molar-refractivity contribution in [1.29, 1.82) is 0 Å². The summed E-state index contributed by atoms with van der Waals surface area (Å²) in [4.78, 5) is 25.0. The summed E-state index contributed by atoms with van der Waals surface area (Å²) in [7, 11) is 0. The topological polar surface area (TPSA) is 67.4 Å². The lowest BCUT2D eigenvalue weighted by atomic mass is 10.1. The van der Waals surface area contributed by atoms with Gasteiger partial charge in [0.25, 0.3) is 11.8 Å². The number of halogens is 1. The highest BCUT2D eigenvalue weighted by atomic mass is 35.5. The number of para-hydroxylation sites is 1. The molecule has 148 valence electrons. The van der Waals surface area contributed by atoms with Crippen molar-refractivity contribution in [3.63, 3.8) is 0 Å². The fourth-order valence-electron chi connectivity index (χ4n) is 2.68. The quantitative estimate of drug-likeness (QED) is 0.581. The predicted molar refractivity (Wildman–Crippen MR) is 116 cm³/mol. The number of carbonyl (C=O) groups is 2. The number of hydrogen-bond donors (Lipinski definition) is 2. The van der Waals surface area contributed by atoms with Crippen molar-refractivity contribution >= 4 is 34.8 Å². The van der Waals surface area contributed by atoms with E-state index in [1.165, 1.54) is 0 Å². The highest BCUT2D eigenvalue weighted by Crippen LogP contribution is 2.20. The Morgan fingerprint density at radius 2 is 1.59 bits per heavy atom. The molecule has 0 saturated carbocycles. The smallest absolute Gasteiger partial charge is 0.265 e. The van der Waals surface area contributed by atoms with Crippen LogP contribution < -0.4 is 15.4 Å². The molecule has 3 rings (SSSR count). The molecule has 6 heteroatoms. The van der Waals surface area contributed by atoms with Gasteiger partial charge in [-0.3, -0.25) is 9.59 Å². The van der Waals surface area contributed by atoms with Crippen LogP contribution in [0.1, 0.15) is 22.8 Å². The number of anilines is 2. The van der Waals surface area contributed by atoms with Crippen LogP contribution in [-0.2, 0) is 4.79 Å². The van der Waals surface area contributed by atoms with Crippen molar-refractivity contribution in [2.24, 2.45) is 0 Å². The number of ether oxygens (including phenoxy) is 1. The molecule has 0 bridgehead atoms. The van der Waals surface area contributed by atoms with Crippen molar-refractivity contribution in [3.8, 4) is 5.75 Å². The first kappa shape index (κ1) is 20.4. The maximum atomic E-state index is 12.5. The van der Waals surface area contributed by atoms with Crippen LogP contribution in [0.5, 0.6) is 5.75 Å². The molecular formula is C23H21ClN2O3. The number of aryl methyl sites for hydroxylation is 1. The summed E-state index contributed by atoms with van der Waals surface area (Å²) < 4.78 is 5.74. The van der Waals surface area contributed by atoms with Crippen molar-refractivity contribution in [1.82, 2.24) is 0 Å². The van der Waals surface area contributed by atoms with E-state index in [1.54, 1.807) is 55.5 Å². The van der Waals surface area contributed by atoms with E-state index in [1.807, 2.05) is 31.2 Å². The average molecular weight is 409 g/mol. The molecule has 0 saturated heterocycles. The first-order chi connectivity index (χ1) is 13.9. The minimum atomic E-state index is -0.694. The standard InChI is InChI=1S/C23H21ClN2O3/c1-15-7-3-4-12-21(15)29-16(2)22(27)25-19-10-5-8-17(13-19)23(28)26-20-11-6-9-18(24)14-20/h3-14,16H,1-2H3,(H,25,27)(H,26,28). The second-order valence-corrected chi connectivity index (χ2v) is 7.00. The van der Waals surface area contributed by atoms with Gasteiger partial charge in [-0.15, -0.1) is 0 Å². The Labute approximate surface area is 174 Å². The van der Waals surface area contributed by atoms with Gasteiger partial charge in [0.1, 0.15) is 5.75 Å². The second kappa shape index (κ2) is 9.26. The normalized spacial score (nSPS) is 11.4. The van der Waals surface area contributed by atoms with Crippen molar-refractivity contribution in [3.05, 3.63) is 88.9 Å². The number of benzene rings is 3. The minimum Gasteiger partial charge on any atom is -0.481 e. The molecule has 0 heterocycles. The van der Waals surface area contributed by atoms with Gasteiger partial charge in [-0.2, -0.15) is 0 Å². The number of amides is 2. The van der Waals surface area contributed by atoms with Crippen molar-refractivity contribution in [2.75, 3.05) is 10.6 Å². The molecule has 2 N–H and O–H groups in total. The Bertz CT molecular complexity index is 1040. The summed E-state index contributed by atoms with van der Waals surface area (Å²) in [6, 6.07) is 21.1. The lowest BCUT2D eigenvalue weighted by molar-refractivity contribution is -0.122. The van der Waals surface area contributed by atoms with E-state index >= 15 is 0 Å². The number of rotatable bonds is 6. The predicted octanol–water partition coefficient (Wildman–Crippen LogP) is 5.31. The average Bonchev–Trinajstić information content (AvgIpc) is 2.70. The maximum Gasteiger partial charge on any atom is 0.265 e. The third-order valence-corrected chi connectivity index (χ3v) is 4.48. The molecule has 1 unspecified atom stereocenters. The van der Waals surface area contributed by atoms with Crippen LogP contribution >= 0.6 is 11.6 Å². The van der Waals surface area contributed by atoms with E-state index in [9.17, 15) is 9.59 Å². The van der Waals surface area contributed by atoms with E-state index in [-0.39, 0.29) is 11.8 Å². The first-order valence-electron chi connectivity index (χ1n) is 9.12. The van der Waals surface area contributed by atoms with E-state index in [2.05, 4.69) is 10.6 Å². The van der Waals surface area contributed by atoms with E-state index < -0.39 is 6.10 Å². The monoisotopic (exact) mass is 408 g/mol. The molecule has 0 aliphatic carbocycles. The first-order valence-corrected chi connectivity index (χ1v) is 9.50. The molecule has 3 aromatic carbocycles. The second-order valence-electron chi connectivity index (χ2n) is 6.56. The molecule has 5 nitrogen and oxygen atoms in total. The van der Waals surface area contributed by atoms with Crippen LogP contribution in [0.3, 0.4) is 0 Å². The fraction of sp³-hybridized carbons (Fsp3) is 0.130. The van der Waals surface area contributed by atoms with Crippen LogP contribution in [0.25, 0.3) is 0 Å². The largest absolute Gasteiger partial charge is 0.481 e. The molecule has 29 heavy (non-hydrogen) atoms. The highest BCUT2D eigenvalue weighted by Gasteiger charge is 2.16. The Morgan fingerprint density at radius 3 is 2.31 bits per heavy atom. The van der Waals surface area contributed by atoms with Crippen LogP contribution in [0.2, 0.25) is 5.02 Å². The van der Waals surface area contributed by atoms with Gasteiger partial charge in [0.2, 0.25) is 0 Å². The van der Waals surface area contributed by atoms with Gasteiger partial charge in [-0.05, 0) is 61.9 Å². The highest BCUT2D eigenvalue weighted by molar-refractivity contribution is 6.31. The maximum absolute atomic E-state index is 12.5. The number of carbonyl (C=O) groups excluding carboxylic acids is 2. The molecule has 0 aliphatic rings. The van der Waals surface area contributed by atoms with Gasteiger partial charge >= 0.3 is 0 Å². The SMILES string of the molecule is Cc1ccccc1OC(C)C(=O)Nc1cccc(C(=O)Nc2cccc(Cl)c2)c1. The molecule has 0 aliphatic heterocycles. The Morgan fingerprint density at radius 1 is 0.897 bits per heavy atom. The third-order valence-electron chi connectivity index (χ3n) is 4.24. The Kier molecular flexibility index (Phi) is 6.52. The Balaban J connectivity index is 1.65. The zero-order valence-corrected chi connectivity index (χ0v) is 16.9. The summed E-state index contributed by atoms with van der Waals surface area (Å²) in [5.41, 5.74) is 2.47. The summed E-state index contributed by atoms with van der Waals surface area (Å²) >= 11 is 5.94.